The Morgan fingerprint density at radius 1 is 0.333 bits per heavy atom. The molecular weight excluding hydrogens is 671 g/mol. The maximum absolute atomic E-state index is 14.9. The van der Waals surface area contributed by atoms with Crippen molar-refractivity contribution in [1.82, 2.24) is 0 Å². The Balaban J connectivity index is 2.02. The minimum absolute atomic E-state index is 0.172. The molecule has 45 heavy (non-hydrogen) atoms. The molecule has 0 aliphatic rings. The van der Waals surface area contributed by atoms with E-state index in [9.17, 15) is 19.2 Å². The molecule has 8 nitrogen and oxygen atoms in total. The molecule has 0 saturated carbocycles. The van der Waals surface area contributed by atoms with Crippen molar-refractivity contribution in [2.75, 3.05) is 76.0 Å². The zero-order valence-corrected chi connectivity index (χ0v) is 30.0. The molecule has 0 aromatic heterocycles. The van der Waals surface area contributed by atoms with E-state index in [1.165, 1.54) is 0 Å². The Bertz CT molecular complexity index is 1430. The van der Waals surface area contributed by atoms with Crippen LogP contribution in [0.2, 0.25) is 0 Å². The van der Waals surface area contributed by atoms with Gasteiger partial charge in [-0.05, 0) is 0 Å². The topological polar surface area (TPSA) is 81.2 Å². The first-order chi connectivity index (χ1) is 21.3. The number of benzene rings is 4. The van der Waals surface area contributed by atoms with E-state index in [1.54, 1.807) is 97.1 Å². The average Bonchev–Trinajstić information content (AvgIpc) is 3.04. The fraction of sp³-hybridized carbons (Fsp3) is 0.222. The van der Waals surface area contributed by atoms with Gasteiger partial charge < -0.3 is 0 Å². The van der Waals surface area contributed by atoms with E-state index in [4.69, 9.17) is 0 Å². The standard InChI is InChI=1S/4C9H10NO.Sn/c4*1-10(2)9-5-3-8(7-11)4-6-9;/h4*3-6H,1-2H3;. The molecule has 0 fully saturated rings. The second-order valence-electron chi connectivity index (χ2n) is 11.8. The third-order valence-corrected chi connectivity index (χ3v) is 19.0. The van der Waals surface area contributed by atoms with Crippen molar-refractivity contribution in [3.63, 3.8) is 0 Å². The normalized spacial score (nSPS) is 11.0. The summed E-state index contributed by atoms with van der Waals surface area (Å²) in [7, 11) is 15.0. The average molecular weight is 711 g/mol. The molecule has 0 atom stereocenters. The van der Waals surface area contributed by atoms with Crippen LogP contribution in [0.5, 0.6) is 0 Å². The summed E-state index contributed by atoms with van der Waals surface area (Å²) in [6.07, 6.45) is 0. The third-order valence-electron chi connectivity index (χ3n) is 7.95. The minimum atomic E-state index is -6.11. The number of carbonyl (C=O) groups is 4. The first-order valence-electron chi connectivity index (χ1n) is 14.6. The van der Waals surface area contributed by atoms with Gasteiger partial charge >= 0.3 is 271 Å². The molecule has 4 rings (SSSR count). The fourth-order valence-corrected chi connectivity index (χ4v) is 15.5. The molecule has 0 aliphatic heterocycles. The monoisotopic (exact) mass is 712 g/mol. The Labute approximate surface area is 269 Å². The van der Waals surface area contributed by atoms with Crippen LogP contribution in [0.1, 0.15) is 41.4 Å². The van der Waals surface area contributed by atoms with Gasteiger partial charge in [-0.3, -0.25) is 0 Å². The second kappa shape index (κ2) is 13.7. The quantitative estimate of drug-likeness (QED) is 0.181. The van der Waals surface area contributed by atoms with Crippen LogP contribution in [0.15, 0.2) is 97.1 Å². The Kier molecular flexibility index (Phi) is 10.2. The van der Waals surface area contributed by atoms with Crippen LogP contribution >= 0.6 is 0 Å². The summed E-state index contributed by atoms with van der Waals surface area (Å²) >= 11 is -6.11. The molecule has 0 radical (unpaired) electrons. The van der Waals surface area contributed by atoms with Crippen molar-refractivity contribution >= 4 is 56.3 Å². The van der Waals surface area contributed by atoms with Crippen molar-refractivity contribution in [3.05, 3.63) is 119 Å². The number of rotatable bonds is 12. The molecule has 0 saturated heterocycles. The van der Waals surface area contributed by atoms with E-state index in [0.717, 1.165) is 22.7 Å². The second-order valence-corrected chi connectivity index (χ2v) is 21.3. The van der Waals surface area contributed by atoms with E-state index in [-0.39, 0.29) is 22.3 Å². The number of nitrogens with zero attached hydrogens (tertiary/aromatic N) is 4. The Hall–Kier alpha value is -4.44. The Morgan fingerprint density at radius 3 is 0.622 bits per heavy atom. The van der Waals surface area contributed by atoms with Gasteiger partial charge in [0.1, 0.15) is 0 Å². The van der Waals surface area contributed by atoms with Gasteiger partial charge in [0.15, 0.2) is 0 Å². The summed E-state index contributed by atoms with van der Waals surface area (Å²) in [5, 5.41) is 0. The summed E-state index contributed by atoms with van der Waals surface area (Å²) in [5.41, 5.74) is 4.06. The van der Waals surface area contributed by atoms with Crippen LogP contribution in [0.4, 0.5) is 22.7 Å². The predicted octanol–water partition coefficient (Wildman–Crippen LogP) is 5.39. The summed E-state index contributed by atoms with van der Waals surface area (Å²) in [6.45, 7) is 0. The van der Waals surface area contributed by atoms with Gasteiger partial charge in [-0.2, -0.15) is 0 Å². The summed E-state index contributed by atoms with van der Waals surface area (Å²) in [5.74, 6) is 0. The third kappa shape index (κ3) is 6.66. The van der Waals surface area contributed by atoms with Crippen molar-refractivity contribution < 1.29 is 19.2 Å². The molecule has 0 amide bonds. The SMILES string of the molecule is CN(C)c1ccc([C](=O)[Sn]([C](=O)c2ccc(N(C)C)cc2)([C](=O)c2ccc(N(C)C)cc2)[C](=O)c2ccc(N(C)C)cc2)cc1. The molecule has 4 aromatic carbocycles. The van der Waals surface area contributed by atoms with E-state index >= 15 is 0 Å². The van der Waals surface area contributed by atoms with Crippen LogP contribution in [0, 0.1) is 0 Å². The predicted molar refractivity (Wildman–Crippen MR) is 186 cm³/mol. The van der Waals surface area contributed by atoms with Gasteiger partial charge in [0.2, 0.25) is 0 Å². The number of hydrogen-bond acceptors (Lipinski definition) is 8. The summed E-state index contributed by atoms with van der Waals surface area (Å²) in [6, 6.07) is 26.9. The van der Waals surface area contributed by atoms with Gasteiger partial charge in [0.25, 0.3) is 0 Å². The van der Waals surface area contributed by atoms with Gasteiger partial charge in [-0.25, -0.2) is 0 Å². The zero-order valence-electron chi connectivity index (χ0n) is 27.2. The maximum atomic E-state index is 14.9. The molecule has 232 valence electrons. The molecule has 0 bridgehead atoms. The van der Waals surface area contributed by atoms with Crippen LogP contribution < -0.4 is 19.6 Å². The Morgan fingerprint density at radius 2 is 0.489 bits per heavy atom. The summed E-state index contributed by atoms with van der Waals surface area (Å²) in [4.78, 5) is 67.2. The first kappa shape index (κ1) is 33.5. The van der Waals surface area contributed by atoms with Crippen LogP contribution in [0.3, 0.4) is 0 Å². The number of carbonyl (C=O) groups excluding carboxylic acids is 4. The van der Waals surface area contributed by atoms with Gasteiger partial charge in [-0.15, -0.1) is 0 Å². The fourth-order valence-electron chi connectivity index (χ4n) is 5.13. The van der Waals surface area contributed by atoms with Crippen molar-refractivity contribution in [2.45, 2.75) is 0 Å². The molecule has 0 heterocycles. The molecule has 0 spiro atoms. The van der Waals surface area contributed by atoms with Crippen LogP contribution in [-0.2, 0) is 0 Å². The van der Waals surface area contributed by atoms with Crippen molar-refractivity contribution in [3.8, 4) is 0 Å². The summed E-state index contributed by atoms with van der Waals surface area (Å²) < 4.78 is -2.67. The van der Waals surface area contributed by atoms with Crippen molar-refractivity contribution in [2.24, 2.45) is 0 Å². The molecule has 0 N–H and O–H groups in total. The van der Waals surface area contributed by atoms with Crippen LogP contribution in [0.25, 0.3) is 0 Å². The molecule has 0 unspecified atom stereocenters. The van der Waals surface area contributed by atoms with Crippen LogP contribution in [-0.4, -0.2) is 90.0 Å². The van der Waals surface area contributed by atoms with Gasteiger partial charge in [-0.1, -0.05) is 0 Å². The zero-order chi connectivity index (χ0) is 33.1. The van der Waals surface area contributed by atoms with Gasteiger partial charge in [0, 0.05) is 0 Å². The number of hydrogen-bond donors (Lipinski definition) is 0. The first-order valence-corrected chi connectivity index (χ1v) is 20.3. The van der Waals surface area contributed by atoms with E-state index < -0.39 is 33.6 Å². The molecule has 9 heteroatoms. The molecular formula is C36H40N4O4Sn. The van der Waals surface area contributed by atoms with Gasteiger partial charge in [0.05, 0.1) is 0 Å². The molecule has 4 aromatic rings. The number of anilines is 4. The van der Waals surface area contributed by atoms with E-state index in [2.05, 4.69) is 0 Å². The van der Waals surface area contributed by atoms with E-state index in [1.807, 2.05) is 76.0 Å². The molecule has 0 aliphatic carbocycles. The van der Waals surface area contributed by atoms with E-state index in [0.29, 0.717) is 0 Å². The van der Waals surface area contributed by atoms with Crippen molar-refractivity contribution in [1.29, 1.82) is 0 Å².